The molecule has 88 valence electrons. The summed E-state index contributed by atoms with van der Waals surface area (Å²) < 4.78 is 0. The summed E-state index contributed by atoms with van der Waals surface area (Å²) >= 11 is 0. The number of nitrogens with two attached hydrogens (primary N) is 1. The first kappa shape index (κ1) is 10.5. The molecule has 4 nitrogen and oxygen atoms in total. The Kier molecular flexibility index (Phi) is 2.29. The van der Waals surface area contributed by atoms with Crippen LogP contribution in [0.2, 0.25) is 0 Å². The SMILES string of the molecule is NCc1c(O)cc2c3c(cccc13)CN(O)C2. The van der Waals surface area contributed by atoms with Crippen LogP contribution in [0.3, 0.4) is 0 Å². The van der Waals surface area contributed by atoms with Crippen LogP contribution in [0.4, 0.5) is 0 Å². The van der Waals surface area contributed by atoms with E-state index in [1.165, 1.54) is 5.06 Å². The molecule has 1 heterocycles. The van der Waals surface area contributed by atoms with E-state index in [4.69, 9.17) is 5.73 Å². The van der Waals surface area contributed by atoms with E-state index in [1.807, 2.05) is 18.2 Å². The Labute approximate surface area is 98.8 Å². The van der Waals surface area contributed by atoms with Crippen LogP contribution in [0.25, 0.3) is 10.8 Å². The van der Waals surface area contributed by atoms with Gasteiger partial charge in [0.15, 0.2) is 0 Å². The van der Waals surface area contributed by atoms with Crippen molar-refractivity contribution in [1.82, 2.24) is 5.06 Å². The molecular formula is C13H14N2O2. The molecule has 0 aromatic heterocycles. The molecule has 0 atom stereocenters. The molecule has 1 aliphatic rings. The van der Waals surface area contributed by atoms with Gasteiger partial charge in [0.05, 0.1) is 0 Å². The highest BCUT2D eigenvalue weighted by Gasteiger charge is 2.20. The zero-order chi connectivity index (χ0) is 12.0. The minimum absolute atomic E-state index is 0.211. The van der Waals surface area contributed by atoms with Crippen molar-refractivity contribution in [3.05, 3.63) is 41.0 Å². The number of phenols is 1. The van der Waals surface area contributed by atoms with Crippen LogP contribution in [0, 0.1) is 0 Å². The highest BCUT2D eigenvalue weighted by Crippen LogP contribution is 2.35. The number of benzene rings is 2. The van der Waals surface area contributed by atoms with Crippen LogP contribution in [-0.4, -0.2) is 15.4 Å². The molecule has 0 amide bonds. The summed E-state index contributed by atoms with van der Waals surface area (Å²) in [6.45, 7) is 1.26. The molecule has 2 aromatic rings. The monoisotopic (exact) mass is 230 g/mol. The minimum atomic E-state index is 0.211. The fourth-order valence-corrected chi connectivity index (χ4v) is 2.61. The molecule has 0 bridgehead atoms. The average Bonchev–Trinajstić information content (AvgIpc) is 2.28. The van der Waals surface area contributed by atoms with Gasteiger partial charge in [0, 0.05) is 25.2 Å². The fourth-order valence-electron chi connectivity index (χ4n) is 2.61. The molecule has 0 saturated heterocycles. The molecule has 17 heavy (non-hydrogen) atoms. The number of aromatic hydroxyl groups is 1. The highest BCUT2D eigenvalue weighted by atomic mass is 16.5. The number of hydroxylamine groups is 2. The van der Waals surface area contributed by atoms with Crippen LogP contribution in [0.1, 0.15) is 16.7 Å². The second-order valence-corrected chi connectivity index (χ2v) is 4.40. The highest BCUT2D eigenvalue weighted by molar-refractivity contribution is 5.93. The maximum Gasteiger partial charge on any atom is 0.121 e. The zero-order valence-electron chi connectivity index (χ0n) is 9.35. The van der Waals surface area contributed by atoms with Gasteiger partial charge in [0.1, 0.15) is 5.75 Å². The van der Waals surface area contributed by atoms with Gasteiger partial charge in [-0.2, -0.15) is 5.06 Å². The van der Waals surface area contributed by atoms with Gasteiger partial charge in [-0.3, -0.25) is 0 Å². The number of nitrogens with zero attached hydrogens (tertiary/aromatic N) is 1. The van der Waals surface area contributed by atoms with Gasteiger partial charge in [-0.25, -0.2) is 0 Å². The lowest BCUT2D eigenvalue weighted by molar-refractivity contribution is -0.109. The summed E-state index contributed by atoms with van der Waals surface area (Å²) in [5.41, 5.74) is 8.47. The van der Waals surface area contributed by atoms with Crippen molar-refractivity contribution in [3.8, 4) is 5.75 Å². The first-order valence-electron chi connectivity index (χ1n) is 5.60. The van der Waals surface area contributed by atoms with E-state index in [1.54, 1.807) is 6.07 Å². The third kappa shape index (κ3) is 1.50. The summed E-state index contributed by atoms with van der Waals surface area (Å²) in [6.07, 6.45) is 0. The van der Waals surface area contributed by atoms with Crippen LogP contribution in [0.5, 0.6) is 5.75 Å². The van der Waals surface area contributed by atoms with E-state index >= 15 is 0 Å². The van der Waals surface area contributed by atoms with Crippen molar-refractivity contribution in [2.75, 3.05) is 0 Å². The van der Waals surface area contributed by atoms with Gasteiger partial charge in [-0.05, 0) is 28.0 Å². The molecule has 0 radical (unpaired) electrons. The van der Waals surface area contributed by atoms with Crippen molar-refractivity contribution in [2.45, 2.75) is 19.6 Å². The lowest BCUT2D eigenvalue weighted by Crippen LogP contribution is -2.22. The minimum Gasteiger partial charge on any atom is -0.508 e. The van der Waals surface area contributed by atoms with Crippen molar-refractivity contribution in [1.29, 1.82) is 0 Å². The summed E-state index contributed by atoms with van der Waals surface area (Å²) in [7, 11) is 0. The van der Waals surface area contributed by atoms with Crippen LogP contribution < -0.4 is 5.73 Å². The second-order valence-electron chi connectivity index (χ2n) is 4.40. The van der Waals surface area contributed by atoms with Crippen molar-refractivity contribution < 1.29 is 10.3 Å². The molecule has 0 saturated carbocycles. The maximum atomic E-state index is 9.94. The number of hydrogen-bond donors (Lipinski definition) is 3. The summed E-state index contributed by atoms with van der Waals surface area (Å²) in [6, 6.07) is 7.60. The average molecular weight is 230 g/mol. The van der Waals surface area contributed by atoms with Gasteiger partial charge in [0.2, 0.25) is 0 Å². The smallest absolute Gasteiger partial charge is 0.121 e. The van der Waals surface area contributed by atoms with Crippen LogP contribution in [-0.2, 0) is 19.6 Å². The number of phenolic OH excluding ortho intramolecular Hbond substituents is 1. The predicted octanol–water partition coefficient (Wildman–Crippen LogP) is 1.71. The Morgan fingerprint density at radius 3 is 2.76 bits per heavy atom. The van der Waals surface area contributed by atoms with Crippen LogP contribution in [0.15, 0.2) is 24.3 Å². The summed E-state index contributed by atoms with van der Waals surface area (Å²) in [5, 5.41) is 23.0. The molecule has 4 N–H and O–H groups in total. The van der Waals surface area contributed by atoms with E-state index < -0.39 is 0 Å². The van der Waals surface area contributed by atoms with Gasteiger partial charge in [-0.15, -0.1) is 0 Å². The molecule has 4 heteroatoms. The van der Waals surface area contributed by atoms with Crippen molar-refractivity contribution >= 4 is 10.8 Å². The quantitative estimate of drug-likeness (QED) is 0.697. The summed E-state index contributed by atoms with van der Waals surface area (Å²) in [4.78, 5) is 0. The second kappa shape index (κ2) is 3.70. The third-order valence-corrected chi connectivity index (χ3v) is 3.33. The molecule has 0 spiro atoms. The molecule has 3 rings (SSSR count). The van der Waals surface area contributed by atoms with Crippen LogP contribution >= 0.6 is 0 Å². The standard InChI is InChI=1S/C13H14N2O2/c14-5-11-10-3-1-2-8-6-15(17)7-9(13(8)10)4-12(11)16/h1-4,16-17H,5-7,14H2. The van der Waals surface area contributed by atoms with Crippen molar-refractivity contribution in [3.63, 3.8) is 0 Å². The maximum absolute atomic E-state index is 9.94. The Hall–Kier alpha value is -1.62. The van der Waals surface area contributed by atoms with E-state index in [9.17, 15) is 10.3 Å². The zero-order valence-corrected chi connectivity index (χ0v) is 9.35. The van der Waals surface area contributed by atoms with E-state index in [0.29, 0.717) is 19.6 Å². The topological polar surface area (TPSA) is 69.7 Å². The Bertz CT molecular complexity index is 595. The lowest BCUT2D eigenvalue weighted by Gasteiger charge is -2.25. The van der Waals surface area contributed by atoms with E-state index in [2.05, 4.69) is 0 Å². The first-order valence-corrected chi connectivity index (χ1v) is 5.60. The molecular weight excluding hydrogens is 216 g/mol. The largest absolute Gasteiger partial charge is 0.508 e. The molecule has 0 aliphatic carbocycles. The number of hydrogen-bond acceptors (Lipinski definition) is 4. The predicted molar refractivity (Wildman–Crippen MR) is 64.5 cm³/mol. The van der Waals surface area contributed by atoms with E-state index in [-0.39, 0.29) is 5.75 Å². The normalized spacial score (nSPS) is 15.4. The third-order valence-electron chi connectivity index (χ3n) is 3.33. The molecule has 0 fully saturated rings. The Morgan fingerprint density at radius 2 is 2.00 bits per heavy atom. The van der Waals surface area contributed by atoms with Gasteiger partial charge < -0.3 is 16.0 Å². The number of rotatable bonds is 1. The Balaban J connectivity index is 2.41. The molecule has 2 aromatic carbocycles. The van der Waals surface area contributed by atoms with Gasteiger partial charge in [-0.1, -0.05) is 18.2 Å². The Morgan fingerprint density at radius 1 is 1.24 bits per heavy atom. The van der Waals surface area contributed by atoms with Gasteiger partial charge >= 0.3 is 0 Å². The first-order chi connectivity index (χ1) is 8.20. The van der Waals surface area contributed by atoms with Crippen molar-refractivity contribution in [2.24, 2.45) is 5.73 Å². The molecule has 1 aliphatic heterocycles. The lowest BCUT2D eigenvalue weighted by atomic mass is 9.92. The molecule has 0 unspecified atom stereocenters. The van der Waals surface area contributed by atoms with Gasteiger partial charge in [0.25, 0.3) is 0 Å². The summed E-state index contributed by atoms with van der Waals surface area (Å²) in [5.74, 6) is 0.211. The van der Waals surface area contributed by atoms with E-state index in [0.717, 1.165) is 27.5 Å². The fraction of sp³-hybridized carbons (Fsp3) is 0.231.